The summed E-state index contributed by atoms with van der Waals surface area (Å²) in [5.41, 5.74) is 4.54. The number of hydrogen-bond donors (Lipinski definition) is 5. The lowest BCUT2D eigenvalue weighted by Gasteiger charge is -2.24. The summed E-state index contributed by atoms with van der Waals surface area (Å²) in [4.78, 5) is 37.9. The first-order chi connectivity index (χ1) is 22.2. The number of carboxylic acid groups (broad SMARTS) is 1. The monoisotopic (exact) mass is 638 g/mol. The molecule has 254 valence electrons. The molecule has 0 aliphatic carbocycles. The van der Waals surface area contributed by atoms with E-state index in [1.165, 1.54) is 61.8 Å². The molecule has 4 rings (SSSR count). The number of hydrogen-bond acceptors (Lipinski definition) is 6. The molecular weight excluding hydrogens is 583 g/mol. The Morgan fingerprint density at radius 3 is 1.96 bits per heavy atom. The Bertz CT molecular complexity index is 1150. The fraction of sp³-hybridized carbons (Fsp3) is 0.571. The van der Waals surface area contributed by atoms with Crippen molar-refractivity contribution in [3.63, 3.8) is 0 Å². The van der Waals surface area contributed by atoms with Gasteiger partial charge in [0.2, 0.25) is 11.8 Å². The van der Waals surface area contributed by atoms with E-state index in [0.29, 0.717) is 32.6 Å². The van der Waals surface area contributed by atoms with Crippen molar-refractivity contribution >= 4 is 25.0 Å². The number of nitrogens with zero attached hydrogens (tertiary/aromatic N) is 2. The van der Waals surface area contributed by atoms with E-state index < -0.39 is 19.3 Å². The molecule has 5 N–H and O–H groups in total. The van der Waals surface area contributed by atoms with Crippen molar-refractivity contribution in [2.75, 3.05) is 19.5 Å². The first-order valence-electron chi connectivity index (χ1n) is 16.9. The summed E-state index contributed by atoms with van der Waals surface area (Å²) in [6, 6.07) is 15.4. The number of aryl methyl sites for hydroxylation is 1. The highest BCUT2D eigenvalue weighted by atomic mass is 16.4. The maximum Gasteiger partial charge on any atom is 0.472 e. The van der Waals surface area contributed by atoms with Crippen molar-refractivity contribution in [3.05, 3.63) is 70.8 Å². The predicted octanol–water partition coefficient (Wildman–Crippen LogP) is 5.03. The van der Waals surface area contributed by atoms with Crippen molar-refractivity contribution in [2.45, 2.75) is 111 Å². The summed E-state index contributed by atoms with van der Waals surface area (Å²) >= 11 is 0. The molecule has 0 saturated carbocycles. The van der Waals surface area contributed by atoms with Gasteiger partial charge in [0.05, 0.1) is 13.0 Å². The Morgan fingerprint density at radius 2 is 1.43 bits per heavy atom. The number of unbranched alkanes of at least 4 members (excludes halogenated alkanes) is 7. The van der Waals surface area contributed by atoms with Crippen molar-refractivity contribution in [1.29, 1.82) is 0 Å². The summed E-state index contributed by atoms with van der Waals surface area (Å²) in [5.74, 6) is -0.461. The molecule has 0 spiro atoms. The number of nitrogens with one attached hydrogen (secondary N) is 2. The van der Waals surface area contributed by atoms with Crippen LogP contribution in [-0.4, -0.2) is 75.6 Å². The molecule has 2 aliphatic rings. The molecule has 2 aromatic rings. The highest BCUT2D eigenvalue weighted by molar-refractivity contribution is 6.41. The van der Waals surface area contributed by atoms with Gasteiger partial charge >= 0.3 is 13.2 Å². The van der Waals surface area contributed by atoms with E-state index in [4.69, 9.17) is 15.2 Å². The van der Waals surface area contributed by atoms with Gasteiger partial charge in [-0.2, -0.15) is 0 Å². The van der Waals surface area contributed by atoms with Gasteiger partial charge in [-0.15, -0.1) is 0 Å². The number of likely N-dealkylation sites (tertiary alicyclic amines) is 1. The fourth-order valence-electron chi connectivity index (χ4n) is 5.44. The third-order valence-electron chi connectivity index (χ3n) is 8.13. The zero-order valence-corrected chi connectivity index (χ0v) is 28.0. The van der Waals surface area contributed by atoms with Crippen molar-refractivity contribution < 1.29 is 29.5 Å². The second-order valence-electron chi connectivity index (χ2n) is 12.1. The zero-order chi connectivity index (χ0) is 33.7. The Hall–Kier alpha value is -3.41. The number of fused-ring (bicyclic) bond motifs is 1. The van der Waals surface area contributed by atoms with E-state index in [0.717, 1.165) is 23.1 Å². The molecule has 1 atom stereocenters. The Balaban J connectivity index is 0.000000277. The molecule has 46 heavy (non-hydrogen) atoms. The number of rotatable bonds is 14. The maximum absolute atomic E-state index is 12.3. The normalized spacial score (nSPS) is 14.8. The lowest BCUT2D eigenvalue weighted by molar-refractivity contribution is -0.137. The van der Waals surface area contributed by atoms with Crippen molar-refractivity contribution in [2.24, 2.45) is 0 Å². The molecule has 1 fully saturated rings. The van der Waals surface area contributed by atoms with Crippen molar-refractivity contribution in [1.82, 2.24) is 20.4 Å². The zero-order valence-electron chi connectivity index (χ0n) is 28.0. The third-order valence-corrected chi connectivity index (χ3v) is 8.13. The molecule has 1 unspecified atom stereocenters. The van der Waals surface area contributed by atoms with Gasteiger partial charge < -0.3 is 30.7 Å². The lowest BCUT2D eigenvalue weighted by Crippen LogP contribution is -2.50. The number of carbonyl (C=O) groups excluding carboxylic acids is 2. The quantitative estimate of drug-likeness (QED) is 0.144. The van der Waals surface area contributed by atoms with E-state index in [9.17, 15) is 14.4 Å². The molecule has 0 radical (unpaired) electrons. The Morgan fingerprint density at radius 1 is 0.870 bits per heavy atom. The summed E-state index contributed by atoms with van der Waals surface area (Å²) in [5, 5.41) is 31.9. The van der Waals surface area contributed by atoms with Crippen LogP contribution in [-0.2, 0) is 29.2 Å². The summed E-state index contributed by atoms with van der Waals surface area (Å²) in [6.07, 6.45) is 11.7. The average molecular weight is 639 g/mol. The highest BCUT2D eigenvalue weighted by Gasteiger charge is 2.34. The van der Waals surface area contributed by atoms with Crippen LogP contribution >= 0.6 is 0 Å². The summed E-state index contributed by atoms with van der Waals surface area (Å²) in [7, 11) is -1.59. The minimum atomic E-state index is -1.59. The molecule has 3 amide bonds. The smallest absolute Gasteiger partial charge is 0.465 e. The molecule has 1 saturated heterocycles. The Labute approximate surface area is 275 Å². The van der Waals surface area contributed by atoms with Gasteiger partial charge in [0.25, 0.3) is 0 Å². The van der Waals surface area contributed by atoms with E-state index in [2.05, 4.69) is 24.5 Å². The minimum Gasteiger partial charge on any atom is -0.465 e. The van der Waals surface area contributed by atoms with Gasteiger partial charge in [0.1, 0.15) is 6.04 Å². The first-order valence-corrected chi connectivity index (χ1v) is 16.9. The first kappa shape index (κ1) is 38.8. The van der Waals surface area contributed by atoms with E-state index in [1.54, 1.807) is 4.90 Å². The van der Waals surface area contributed by atoms with Crippen LogP contribution in [0.4, 0.5) is 4.79 Å². The van der Waals surface area contributed by atoms with Crippen molar-refractivity contribution in [3.8, 4) is 0 Å². The molecule has 0 bridgehead atoms. The van der Waals surface area contributed by atoms with Crippen LogP contribution in [0.25, 0.3) is 0 Å². The molecule has 2 heterocycles. The standard InChI is InChI=1S/C16H24BN3O4.C10H22.C9H9NO2/c1-12-4-6-13(7-5-12)9-18-10-15(21)20-8-2-3-14(20)16(22)19-11-17(23)24;1-3-5-7-9-10-8-6-4-2;11-9(12)10-5-7-3-1-2-4-8(7)6-10/h4-7,14,18,23-24H,2-3,8-11H2,1H3,(H,19,22);3-10H2,1-2H3;1-4H,5-6H2,(H,11,12). The van der Waals surface area contributed by atoms with Gasteiger partial charge in [-0.05, 0) is 36.5 Å². The number of amides is 3. The minimum absolute atomic E-state index is 0.121. The van der Waals surface area contributed by atoms with Gasteiger partial charge in [0.15, 0.2) is 0 Å². The van der Waals surface area contributed by atoms with E-state index in [1.807, 2.05) is 55.5 Å². The lowest BCUT2D eigenvalue weighted by atomic mass is 9.92. The van der Waals surface area contributed by atoms with Gasteiger partial charge in [-0.3, -0.25) is 14.5 Å². The van der Waals surface area contributed by atoms with Gasteiger partial charge in [-0.25, -0.2) is 4.79 Å². The topological polar surface area (TPSA) is 142 Å². The van der Waals surface area contributed by atoms with Crippen LogP contribution in [0.15, 0.2) is 48.5 Å². The van der Waals surface area contributed by atoms with Crippen LogP contribution < -0.4 is 10.6 Å². The summed E-state index contributed by atoms with van der Waals surface area (Å²) in [6.45, 7) is 8.93. The largest absolute Gasteiger partial charge is 0.472 e. The molecule has 10 nitrogen and oxygen atoms in total. The van der Waals surface area contributed by atoms with Crippen LogP contribution in [0.5, 0.6) is 0 Å². The van der Waals surface area contributed by atoms with Gasteiger partial charge in [0, 0.05) is 26.2 Å². The average Bonchev–Trinajstić information content (AvgIpc) is 3.72. The predicted molar refractivity (Wildman–Crippen MR) is 183 cm³/mol. The fourth-order valence-corrected chi connectivity index (χ4v) is 5.44. The molecule has 2 aliphatic heterocycles. The number of carbonyl (C=O) groups is 3. The molecule has 0 aromatic heterocycles. The van der Waals surface area contributed by atoms with Crippen LogP contribution in [0.2, 0.25) is 0 Å². The van der Waals surface area contributed by atoms with Gasteiger partial charge in [-0.1, -0.05) is 119 Å². The highest BCUT2D eigenvalue weighted by Crippen LogP contribution is 2.21. The molecule has 11 heteroatoms. The molecule has 2 aromatic carbocycles. The van der Waals surface area contributed by atoms with Crippen LogP contribution in [0.3, 0.4) is 0 Å². The summed E-state index contributed by atoms with van der Waals surface area (Å²) < 4.78 is 0. The second-order valence-corrected chi connectivity index (χ2v) is 12.1. The molecular formula is C35H55BN4O6. The second kappa shape index (κ2) is 22.2. The van der Waals surface area contributed by atoms with E-state index >= 15 is 0 Å². The van der Waals surface area contributed by atoms with E-state index in [-0.39, 0.29) is 24.8 Å². The SMILES string of the molecule is CCCCCCCCCC.Cc1ccc(CNCC(=O)N2CCCC2C(=O)NCB(O)O)cc1.O=C(O)N1Cc2ccccc2C1. The Kier molecular flexibility index (Phi) is 18.7. The maximum atomic E-state index is 12.3. The number of benzene rings is 2. The third kappa shape index (κ3) is 14.8. The van der Waals surface area contributed by atoms with Crippen LogP contribution in [0, 0.1) is 6.92 Å². The van der Waals surface area contributed by atoms with Crippen LogP contribution in [0.1, 0.15) is 100 Å².